The lowest BCUT2D eigenvalue weighted by Crippen LogP contribution is -1.93. The van der Waals surface area contributed by atoms with E-state index in [0.717, 1.165) is 10.8 Å². The summed E-state index contributed by atoms with van der Waals surface area (Å²) in [7, 11) is 0. The van der Waals surface area contributed by atoms with E-state index in [4.69, 9.17) is 8.83 Å². The van der Waals surface area contributed by atoms with E-state index in [9.17, 15) is 9.59 Å². The third-order valence-electron chi connectivity index (χ3n) is 2.61. The molecule has 2 heterocycles. The largest absolute Gasteiger partial charge is 0.453 e. The number of ketones is 1. The fraction of sp³-hybridized carbons (Fsp3) is 0.0769. The highest BCUT2D eigenvalue weighted by atomic mass is 16.4. The van der Waals surface area contributed by atoms with E-state index < -0.39 is 5.63 Å². The maximum atomic E-state index is 11.2. The molecule has 0 aliphatic heterocycles. The Hall–Kier alpha value is -2.36. The number of benzene rings is 1. The van der Waals surface area contributed by atoms with Crippen LogP contribution in [-0.2, 0) is 0 Å². The van der Waals surface area contributed by atoms with Gasteiger partial charge in [0.1, 0.15) is 11.2 Å². The van der Waals surface area contributed by atoms with Crippen molar-refractivity contribution in [3.05, 3.63) is 46.5 Å². The van der Waals surface area contributed by atoms with Crippen LogP contribution >= 0.6 is 0 Å². The summed E-state index contributed by atoms with van der Waals surface area (Å²) in [6.45, 7) is 1.44. The van der Waals surface area contributed by atoms with Crippen LogP contribution in [0.15, 0.2) is 44.0 Å². The van der Waals surface area contributed by atoms with Gasteiger partial charge in [-0.3, -0.25) is 4.79 Å². The molecule has 0 saturated heterocycles. The number of furan rings is 1. The highest BCUT2D eigenvalue weighted by Crippen LogP contribution is 2.25. The Morgan fingerprint density at radius 1 is 1.00 bits per heavy atom. The quantitative estimate of drug-likeness (QED) is 0.474. The molecule has 3 aromatic rings. The molecule has 0 fully saturated rings. The van der Waals surface area contributed by atoms with Gasteiger partial charge < -0.3 is 8.83 Å². The van der Waals surface area contributed by atoms with E-state index in [1.54, 1.807) is 18.2 Å². The second-order valence-electron chi connectivity index (χ2n) is 3.85. The maximum absolute atomic E-state index is 11.2. The third-order valence-corrected chi connectivity index (χ3v) is 2.61. The van der Waals surface area contributed by atoms with E-state index in [1.807, 2.05) is 6.07 Å². The van der Waals surface area contributed by atoms with Crippen molar-refractivity contribution < 1.29 is 13.6 Å². The Bertz CT molecular complexity index is 792. The van der Waals surface area contributed by atoms with Gasteiger partial charge in [0.2, 0.25) is 0 Å². The zero-order valence-electron chi connectivity index (χ0n) is 9.02. The molecule has 0 saturated carbocycles. The van der Waals surface area contributed by atoms with Crippen LogP contribution in [0.4, 0.5) is 0 Å². The van der Waals surface area contributed by atoms with Gasteiger partial charge in [-0.25, -0.2) is 4.79 Å². The van der Waals surface area contributed by atoms with Crippen molar-refractivity contribution in [3.63, 3.8) is 0 Å². The summed E-state index contributed by atoms with van der Waals surface area (Å²) in [5, 5.41) is 1.62. The van der Waals surface area contributed by atoms with Crippen LogP contribution in [0.1, 0.15) is 17.5 Å². The molecule has 0 aliphatic rings. The number of rotatable bonds is 1. The van der Waals surface area contributed by atoms with E-state index in [2.05, 4.69) is 0 Å². The van der Waals surface area contributed by atoms with E-state index in [-0.39, 0.29) is 5.78 Å². The fourth-order valence-corrected chi connectivity index (χ4v) is 1.78. The third kappa shape index (κ3) is 1.54. The Balaban J connectivity index is 2.39. The predicted molar refractivity (Wildman–Crippen MR) is 62.3 cm³/mol. The van der Waals surface area contributed by atoms with Crippen LogP contribution in [0.3, 0.4) is 0 Å². The van der Waals surface area contributed by atoms with E-state index in [0.29, 0.717) is 16.9 Å². The minimum atomic E-state index is -0.407. The molecule has 4 heteroatoms. The van der Waals surface area contributed by atoms with Crippen molar-refractivity contribution >= 4 is 27.7 Å². The van der Waals surface area contributed by atoms with Gasteiger partial charge in [0, 0.05) is 29.8 Å². The number of carbonyl (C=O) groups is 1. The van der Waals surface area contributed by atoms with Crippen molar-refractivity contribution in [2.24, 2.45) is 0 Å². The van der Waals surface area contributed by atoms with Crippen LogP contribution < -0.4 is 5.63 Å². The van der Waals surface area contributed by atoms with Crippen molar-refractivity contribution in [3.8, 4) is 0 Å². The Morgan fingerprint density at radius 2 is 1.76 bits per heavy atom. The fourth-order valence-electron chi connectivity index (χ4n) is 1.78. The summed E-state index contributed by atoms with van der Waals surface area (Å²) >= 11 is 0. The van der Waals surface area contributed by atoms with Crippen molar-refractivity contribution in [2.45, 2.75) is 6.92 Å². The second kappa shape index (κ2) is 3.31. The number of fused-ring (bicyclic) bond motifs is 2. The van der Waals surface area contributed by atoms with Gasteiger partial charge in [-0.2, -0.15) is 0 Å². The molecular formula is C13H8O4. The molecule has 84 valence electrons. The zero-order valence-corrected chi connectivity index (χ0v) is 9.02. The van der Waals surface area contributed by atoms with Crippen molar-refractivity contribution in [1.82, 2.24) is 0 Å². The molecule has 0 atom stereocenters. The predicted octanol–water partition coefficient (Wildman–Crippen LogP) is 2.74. The highest BCUT2D eigenvalue weighted by Gasteiger charge is 2.09. The van der Waals surface area contributed by atoms with Crippen LogP contribution in [-0.4, -0.2) is 5.78 Å². The van der Waals surface area contributed by atoms with Crippen LogP contribution in [0.2, 0.25) is 0 Å². The molecule has 0 aliphatic carbocycles. The summed E-state index contributed by atoms with van der Waals surface area (Å²) in [4.78, 5) is 22.3. The Labute approximate surface area is 95.4 Å². The van der Waals surface area contributed by atoms with Gasteiger partial charge in [0.05, 0.1) is 0 Å². The molecule has 1 aromatic carbocycles. The van der Waals surface area contributed by atoms with E-state index >= 15 is 0 Å². The summed E-state index contributed by atoms with van der Waals surface area (Å²) in [6, 6.07) is 8.17. The summed E-state index contributed by atoms with van der Waals surface area (Å²) in [6.07, 6.45) is 0. The van der Waals surface area contributed by atoms with Crippen LogP contribution in [0.25, 0.3) is 21.9 Å². The van der Waals surface area contributed by atoms with Gasteiger partial charge in [0.25, 0.3) is 0 Å². The Kier molecular flexibility index (Phi) is 1.92. The first kappa shape index (κ1) is 9.84. The minimum absolute atomic E-state index is 0.133. The normalized spacial score (nSPS) is 11.1. The van der Waals surface area contributed by atoms with E-state index in [1.165, 1.54) is 13.0 Å². The summed E-state index contributed by atoms with van der Waals surface area (Å²) in [5.41, 5.74) is 0.585. The second-order valence-corrected chi connectivity index (χ2v) is 3.85. The first-order valence-electron chi connectivity index (χ1n) is 5.12. The smallest absolute Gasteiger partial charge is 0.336 e. The molecule has 17 heavy (non-hydrogen) atoms. The van der Waals surface area contributed by atoms with Gasteiger partial charge in [-0.1, -0.05) is 0 Å². The summed E-state index contributed by atoms with van der Waals surface area (Å²) in [5.74, 6) is 0.171. The van der Waals surface area contributed by atoms with Crippen LogP contribution in [0.5, 0.6) is 0 Å². The van der Waals surface area contributed by atoms with Gasteiger partial charge in [-0.15, -0.1) is 0 Å². The molecule has 0 unspecified atom stereocenters. The first-order chi connectivity index (χ1) is 8.13. The molecule has 2 aromatic heterocycles. The Morgan fingerprint density at radius 3 is 2.53 bits per heavy atom. The monoisotopic (exact) mass is 228 g/mol. The molecule has 0 amide bonds. The number of hydrogen-bond acceptors (Lipinski definition) is 4. The minimum Gasteiger partial charge on any atom is -0.453 e. The van der Waals surface area contributed by atoms with Crippen LogP contribution in [0, 0.1) is 0 Å². The zero-order chi connectivity index (χ0) is 12.0. The molecule has 0 radical (unpaired) electrons. The molecule has 4 nitrogen and oxygen atoms in total. The molecule has 3 rings (SSSR count). The molecule has 0 N–H and O–H groups in total. The number of hydrogen-bond donors (Lipinski definition) is 0. The summed E-state index contributed by atoms with van der Waals surface area (Å²) < 4.78 is 10.4. The lowest BCUT2D eigenvalue weighted by molar-refractivity contribution is 0.0989. The lowest BCUT2D eigenvalue weighted by atomic mass is 10.2. The van der Waals surface area contributed by atoms with Crippen molar-refractivity contribution in [1.29, 1.82) is 0 Å². The average Bonchev–Trinajstić information content (AvgIpc) is 2.68. The highest BCUT2D eigenvalue weighted by molar-refractivity contribution is 5.99. The van der Waals surface area contributed by atoms with Gasteiger partial charge in [0.15, 0.2) is 11.5 Å². The number of carbonyl (C=O) groups excluding carboxylic acids is 1. The topological polar surface area (TPSA) is 60.4 Å². The standard InChI is InChI=1S/C13H8O4/c1-7(14)10-5-9-4-8-2-3-13(15)17-11(8)6-12(9)16-10/h2-6H,1H3. The molecular weight excluding hydrogens is 220 g/mol. The SMILES string of the molecule is CC(=O)c1cc2cc3ccc(=O)oc3cc2o1. The number of Topliss-reactive ketones (excluding diaryl/α,β-unsaturated/α-hetero) is 1. The maximum Gasteiger partial charge on any atom is 0.336 e. The molecule has 0 spiro atoms. The lowest BCUT2D eigenvalue weighted by Gasteiger charge is -1.94. The van der Waals surface area contributed by atoms with Gasteiger partial charge in [-0.05, 0) is 18.2 Å². The first-order valence-corrected chi connectivity index (χ1v) is 5.12. The molecule has 0 bridgehead atoms. The van der Waals surface area contributed by atoms with Gasteiger partial charge >= 0.3 is 5.63 Å². The average molecular weight is 228 g/mol. The van der Waals surface area contributed by atoms with Crippen molar-refractivity contribution in [2.75, 3.05) is 0 Å².